The number of amides is 1. The van der Waals surface area contributed by atoms with E-state index in [0.717, 1.165) is 11.5 Å². The Morgan fingerprint density at radius 3 is 2.76 bits per heavy atom. The van der Waals surface area contributed by atoms with Crippen LogP contribution in [-0.4, -0.2) is 39.6 Å². The lowest BCUT2D eigenvalue weighted by Crippen LogP contribution is -2.35. The maximum atomic E-state index is 12.2. The highest BCUT2D eigenvalue weighted by molar-refractivity contribution is 6.02. The van der Waals surface area contributed by atoms with Crippen molar-refractivity contribution < 1.29 is 4.79 Å². The van der Waals surface area contributed by atoms with Crippen LogP contribution in [0.15, 0.2) is 42.7 Å². The summed E-state index contributed by atoms with van der Waals surface area (Å²) in [5.41, 5.74) is 1.18. The van der Waals surface area contributed by atoms with Crippen molar-refractivity contribution in [2.75, 3.05) is 19.4 Å². The molecule has 2 aromatic rings. The van der Waals surface area contributed by atoms with Gasteiger partial charge in [0.25, 0.3) is 5.91 Å². The van der Waals surface area contributed by atoms with Crippen LogP contribution < -0.4 is 5.32 Å². The fraction of sp³-hybridized carbons (Fsp3) is 0.200. The molecule has 6 heteroatoms. The van der Waals surface area contributed by atoms with Crippen LogP contribution in [0.4, 0.5) is 5.69 Å². The fourth-order valence-electron chi connectivity index (χ4n) is 2.12. The molecule has 0 aliphatic carbocycles. The molecule has 0 unspecified atom stereocenters. The van der Waals surface area contributed by atoms with Crippen LogP contribution in [-0.2, 0) is 6.67 Å². The van der Waals surface area contributed by atoms with Gasteiger partial charge in [0.2, 0.25) is 0 Å². The lowest BCUT2D eigenvalue weighted by Gasteiger charge is -2.30. The van der Waals surface area contributed by atoms with Crippen molar-refractivity contribution in [3.63, 3.8) is 0 Å². The molecule has 0 atom stereocenters. The van der Waals surface area contributed by atoms with Crippen molar-refractivity contribution in [2.24, 2.45) is 0 Å². The Labute approximate surface area is 123 Å². The van der Waals surface area contributed by atoms with Crippen LogP contribution >= 0.6 is 0 Å². The molecule has 0 saturated heterocycles. The molecular weight excluding hydrogens is 266 g/mol. The molecule has 3 rings (SSSR count). The SMILES string of the molecule is CN(C)N1C=Cc2nc(C(=O)Nc3ccccc3)cn2C1. The quantitative estimate of drug-likeness (QED) is 0.934. The van der Waals surface area contributed by atoms with Gasteiger partial charge in [0.1, 0.15) is 18.2 Å². The number of imidazole rings is 1. The highest BCUT2D eigenvalue weighted by atomic mass is 16.1. The van der Waals surface area contributed by atoms with Gasteiger partial charge in [-0.05, 0) is 18.2 Å². The molecule has 21 heavy (non-hydrogen) atoms. The number of para-hydroxylation sites is 1. The Kier molecular flexibility index (Phi) is 3.45. The van der Waals surface area contributed by atoms with E-state index in [1.807, 2.05) is 71.3 Å². The number of benzene rings is 1. The summed E-state index contributed by atoms with van der Waals surface area (Å²) < 4.78 is 1.94. The van der Waals surface area contributed by atoms with Gasteiger partial charge in [-0.1, -0.05) is 18.2 Å². The Balaban J connectivity index is 1.77. The van der Waals surface area contributed by atoms with E-state index in [1.165, 1.54) is 0 Å². The van der Waals surface area contributed by atoms with Crippen LogP contribution in [0.3, 0.4) is 0 Å². The highest BCUT2D eigenvalue weighted by Gasteiger charge is 2.17. The van der Waals surface area contributed by atoms with Crippen molar-refractivity contribution in [1.29, 1.82) is 0 Å². The van der Waals surface area contributed by atoms with E-state index in [9.17, 15) is 4.79 Å². The smallest absolute Gasteiger partial charge is 0.275 e. The number of hydrogen-bond donors (Lipinski definition) is 1. The third-order valence-electron chi connectivity index (χ3n) is 3.28. The van der Waals surface area contributed by atoms with Gasteiger partial charge >= 0.3 is 0 Å². The lowest BCUT2D eigenvalue weighted by molar-refractivity contribution is 0.0466. The molecule has 6 nitrogen and oxygen atoms in total. The van der Waals surface area contributed by atoms with E-state index in [-0.39, 0.29) is 5.91 Å². The number of hydrazine groups is 1. The molecule has 1 aliphatic rings. The fourth-order valence-corrected chi connectivity index (χ4v) is 2.12. The molecule has 0 bridgehead atoms. The summed E-state index contributed by atoms with van der Waals surface area (Å²) in [6.07, 6.45) is 5.61. The largest absolute Gasteiger partial charge is 0.321 e. The Hall–Kier alpha value is -2.60. The van der Waals surface area contributed by atoms with E-state index >= 15 is 0 Å². The van der Waals surface area contributed by atoms with Gasteiger partial charge in [-0.3, -0.25) is 9.80 Å². The molecule has 108 valence electrons. The first-order valence-electron chi connectivity index (χ1n) is 6.69. The molecule has 1 aromatic heterocycles. The van der Waals surface area contributed by atoms with Gasteiger partial charge in [-0.2, -0.15) is 0 Å². The average molecular weight is 283 g/mol. The number of anilines is 1. The van der Waals surface area contributed by atoms with Crippen LogP contribution in [0.1, 0.15) is 16.3 Å². The summed E-state index contributed by atoms with van der Waals surface area (Å²) in [6, 6.07) is 9.37. The second-order valence-corrected chi connectivity index (χ2v) is 5.02. The number of aromatic nitrogens is 2. The zero-order chi connectivity index (χ0) is 14.8. The first-order valence-corrected chi connectivity index (χ1v) is 6.69. The molecule has 0 radical (unpaired) electrons. The first kappa shape index (κ1) is 13.4. The maximum absolute atomic E-state index is 12.2. The van der Waals surface area contributed by atoms with E-state index in [4.69, 9.17) is 0 Å². The zero-order valence-electron chi connectivity index (χ0n) is 12.0. The summed E-state index contributed by atoms with van der Waals surface area (Å²) in [4.78, 5) is 16.6. The molecule has 0 fully saturated rings. The van der Waals surface area contributed by atoms with E-state index in [2.05, 4.69) is 10.3 Å². The van der Waals surface area contributed by atoms with Crippen molar-refractivity contribution >= 4 is 17.7 Å². The van der Waals surface area contributed by atoms with Crippen LogP contribution in [0.25, 0.3) is 6.08 Å². The summed E-state index contributed by atoms with van der Waals surface area (Å²) in [5, 5.41) is 6.84. The van der Waals surface area contributed by atoms with Gasteiger partial charge in [0.15, 0.2) is 0 Å². The molecule has 1 N–H and O–H groups in total. The van der Waals surface area contributed by atoms with E-state index in [0.29, 0.717) is 12.4 Å². The standard InChI is InChI=1S/C15H17N5O/c1-18(2)20-9-8-14-17-13(10-19(14)11-20)15(21)16-12-6-4-3-5-7-12/h3-10H,11H2,1-2H3,(H,16,21). The van der Waals surface area contributed by atoms with E-state index < -0.39 is 0 Å². The summed E-state index contributed by atoms with van der Waals surface area (Å²) in [7, 11) is 3.94. The van der Waals surface area contributed by atoms with Gasteiger partial charge in [-0.15, -0.1) is 0 Å². The van der Waals surface area contributed by atoms with Gasteiger partial charge in [0.05, 0.1) is 0 Å². The predicted molar refractivity (Wildman–Crippen MR) is 81.2 cm³/mol. The van der Waals surface area contributed by atoms with Crippen molar-refractivity contribution in [1.82, 2.24) is 19.6 Å². The number of rotatable bonds is 3. The Morgan fingerprint density at radius 1 is 1.29 bits per heavy atom. The molecular formula is C15H17N5O. The molecule has 0 spiro atoms. The number of hydrogen-bond acceptors (Lipinski definition) is 4. The minimum Gasteiger partial charge on any atom is -0.321 e. The van der Waals surface area contributed by atoms with Crippen LogP contribution in [0.5, 0.6) is 0 Å². The van der Waals surface area contributed by atoms with Crippen molar-refractivity contribution in [2.45, 2.75) is 6.67 Å². The minimum atomic E-state index is -0.201. The van der Waals surface area contributed by atoms with Crippen molar-refractivity contribution in [3.05, 3.63) is 54.2 Å². The number of carbonyl (C=O) groups is 1. The molecule has 1 amide bonds. The number of fused-ring (bicyclic) bond motifs is 1. The molecule has 0 saturated carbocycles. The monoisotopic (exact) mass is 283 g/mol. The predicted octanol–water partition coefficient (Wildman–Crippen LogP) is 1.86. The molecule has 2 heterocycles. The third kappa shape index (κ3) is 2.80. The number of nitrogens with one attached hydrogen (secondary N) is 1. The maximum Gasteiger partial charge on any atom is 0.275 e. The van der Waals surface area contributed by atoms with E-state index in [1.54, 1.807) is 6.20 Å². The third-order valence-corrected chi connectivity index (χ3v) is 3.28. The molecule has 1 aliphatic heterocycles. The second-order valence-electron chi connectivity index (χ2n) is 5.02. The average Bonchev–Trinajstić information content (AvgIpc) is 2.91. The van der Waals surface area contributed by atoms with Gasteiger partial charge < -0.3 is 9.88 Å². The Morgan fingerprint density at radius 2 is 2.05 bits per heavy atom. The summed E-state index contributed by atoms with van der Waals surface area (Å²) in [6.45, 7) is 0.643. The number of nitrogens with zero attached hydrogens (tertiary/aromatic N) is 4. The Bertz CT molecular complexity index is 675. The van der Waals surface area contributed by atoms with Gasteiger partial charge in [0, 0.05) is 32.2 Å². The van der Waals surface area contributed by atoms with Crippen LogP contribution in [0.2, 0.25) is 0 Å². The second kappa shape index (κ2) is 5.41. The topological polar surface area (TPSA) is 53.4 Å². The lowest BCUT2D eigenvalue weighted by atomic mass is 10.3. The first-order chi connectivity index (χ1) is 10.1. The highest BCUT2D eigenvalue weighted by Crippen LogP contribution is 2.15. The normalized spacial score (nSPS) is 13.4. The van der Waals surface area contributed by atoms with Crippen LogP contribution in [0, 0.1) is 0 Å². The summed E-state index contributed by atoms with van der Waals surface area (Å²) in [5.74, 6) is 0.583. The minimum absolute atomic E-state index is 0.201. The molecule has 1 aromatic carbocycles. The zero-order valence-corrected chi connectivity index (χ0v) is 12.0. The number of carbonyl (C=O) groups excluding carboxylic acids is 1. The van der Waals surface area contributed by atoms with Gasteiger partial charge in [-0.25, -0.2) is 9.99 Å². The van der Waals surface area contributed by atoms with Crippen molar-refractivity contribution in [3.8, 4) is 0 Å². The summed E-state index contributed by atoms with van der Waals surface area (Å²) >= 11 is 0.